The summed E-state index contributed by atoms with van der Waals surface area (Å²) in [7, 11) is -3.99. The number of rotatable bonds is 13. The second-order valence-corrected chi connectivity index (χ2v) is 6.72. The van der Waals surface area contributed by atoms with Crippen molar-refractivity contribution in [1.29, 1.82) is 0 Å². The van der Waals surface area contributed by atoms with E-state index in [0.717, 1.165) is 12.8 Å². The molecule has 0 aromatic carbocycles. The first-order chi connectivity index (χ1) is 9.04. The van der Waals surface area contributed by atoms with Crippen molar-refractivity contribution in [3.8, 4) is 0 Å². The molecule has 1 unspecified atom stereocenters. The summed E-state index contributed by atoms with van der Waals surface area (Å²) in [6.07, 6.45) is 9.50. The van der Waals surface area contributed by atoms with Gasteiger partial charge in [-0.15, -0.1) is 0 Å². The average molecular weight is 296 g/mol. The van der Waals surface area contributed by atoms with Gasteiger partial charge in [-0.1, -0.05) is 65.2 Å². The lowest BCUT2D eigenvalue weighted by atomic mass is 10.1. The van der Waals surface area contributed by atoms with Gasteiger partial charge in [0.15, 0.2) is 0 Å². The Kier molecular flexibility index (Phi) is 11.6. The Morgan fingerprint density at radius 1 is 0.895 bits per heavy atom. The highest BCUT2D eigenvalue weighted by molar-refractivity contribution is 7.87. The minimum absolute atomic E-state index is 0.0137. The van der Waals surface area contributed by atoms with Crippen molar-refractivity contribution in [3.63, 3.8) is 0 Å². The molecule has 0 aliphatic rings. The van der Waals surface area contributed by atoms with Gasteiger partial charge >= 0.3 is 0 Å². The van der Waals surface area contributed by atoms with Crippen molar-refractivity contribution in [2.24, 2.45) is 0 Å². The highest BCUT2D eigenvalue weighted by atomic mass is 32.2. The van der Waals surface area contributed by atoms with Gasteiger partial charge < -0.3 is 0 Å². The molecule has 0 bridgehead atoms. The second-order valence-electron chi connectivity index (χ2n) is 4.99. The summed E-state index contributed by atoms with van der Waals surface area (Å²) in [4.78, 5) is 0. The molecular formula is C14H29FO3S. The number of hydrogen-bond acceptors (Lipinski definition) is 3. The minimum Gasteiger partial charge on any atom is -0.268 e. The lowest BCUT2D eigenvalue weighted by Gasteiger charge is -2.09. The van der Waals surface area contributed by atoms with E-state index in [1.807, 2.05) is 0 Å². The van der Waals surface area contributed by atoms with E-state index in [-0.39, 0.29) is 13.0 Å². The zero-order chi connectivity index (χ0) is 14.6. The van der Waals surface area contributed by atoms with Crippen molar-refractivity contribution in [1.82, 2.24) is 0 Å². The SMILES string of the molecule is CCCCCCCCCCOS(=O)(=O)C(F)CCC. The topological polar surface area (TPSA) is 43.4 Å². The molecule has 0 heterocycles. The van der Waals surface area contributed by atoms with Crippen LogP contribution in [0.4, 0.5) is 4.39 Å². The van der Waals surface area contributed by atoms with E-state index >= 15 is 0 Å². The molecule has 0 rings (SSSR count). The average Bonchev–Trinajstić information content (AvgIpc) is 2.37. The molecule has 116 valence electrons. The van der Waals surface area contributed by atoms with E-state index in [0.29, 0.717) is 12.8 Å². The fourth-order valence-electron chi connectivity index (χ4n) is 1.86. The summed E-state index contributed by atoms with van der Waals surface area (Å²) in [5, 5.41) is 0. The van der Waals surface area contributed by atoms with E-state index in [4.69, 9.17) is 0 Å². The van der Waals surface area contributed by atoms with Gasteiger partial charge in [-0.2, -0.15) is 8.42 Å². The smallest absolute Gasteiger partial charge is 0.268 e. The van der Waals surface area contributed by atoms with Crippen LogP contribution in [0.2, 0.25) is 0 Å². The first kappa shape index (κ1) is 18.8. The summed E-state index contributed by atoms with van der Waals surface area (Å²) < 4.78 is 40.6. The third kappa shape index (κ3) is 10.3. The van der Waals surface area contributed by atoms with Crippen molar-refractivity contribution in [2.75, 3.05) is 6.61 Å². The molecule has 0 amide bonds. The van der Waals surface area contributed by atoms with Gasteiger partial charge in [0, 0.05) is 0 Å². The van der Waals surface area contributed by atoms with Crippen LogP contribution >= 0.6 is 0 Å². The van der Waals surface area contributed by atoms with Gasteiger partial charge in [0.2, 0.25) is 5.50 Å². The van der Waals surface area contributed by atoms with Crippen LogP contribution in [0, 0.1) is 0 Å². The summed E-state index contributed by atoms with van der Waals surface area (Å²) >= 11 is 0. The molecule has 0 radical (unpaired) electrons. The van der Waals surface area contributed by atoms with Crippen LogP contribution in [0.3, 0.4) is 0 Å². The Morgan fingerprint density at radius 2 is 1.42 bits per heavy atom. The van der Waals surface area contributed by atoms with E-state index in [1.54, 1.807) is 6.92 Å². The molecule has 1 atom stereocenters. The van der Waals surface area contributed by atoms with Crippen LogP contribution in [0.1, 0.15) is 78.1 Å². The molecule has 0 saturated carbocycles. The predicted molar refractivity (Wildman–Crippen MR) is 77.3 cm³/mol. The molecule has 0 N–H and O–H groups in total. The normalized spacial score (nSPS) is 13.6. The molecule has 0 spiro atoms. The Morgan fingerprint density at radius 3 is 1.95 bits per heavy atom. The number of alkyl halides is 1. The van der Waals surface area contributed by atoms with Crippen molar-refractivity contribution >= 4 is 10.1 Å². The molecule has 0 aromatic heterocycles. The summed E-state index contributed by atoms with van der Waals surface area (Å²) in [6, 6.07) is 0. The van der Waals surface area contributed by atoms with Crippen LogP contribution in [0.5, 0.6) is 0 Å². The molecule has 5 heteroatoms. The molecule has 0 saturated heterocycles. The quantitative estimate of drug-likeness (QED) is 0.369. The van der Waals surface area contributed by atoms with Crippen molar-refractivity contribution in [2.45, 2.75) is 83.6 Å². The maximum absolute atomic E-state index is 13.2. The highest BCUT2D eigenvalue weighted by Crippen LogP contribution is 2.13. The molecule has 19 heavy (non-hydrogen) atoms. The fourth-order valence-corrected chi connectivity index (χ4v) is 2.88. The Labute approximate surface area is 118 Å². The number of unbranched alkanes of at least 4 members (excludes halogenated alkanes) is 7. The Bertz CT molecular complexity index is 291. The predicted octanol–water partition coefficient (Wildman–Crippen LogP) is 4.57. The summed E-state index contributed by atoms with van der Waals surface area (Å²) in [5.41, 5.74) is -1.87. The minimum atomic E-state index is -3.99. The number of hydrogen-bond donors (Lipinski definition) is 0. The standard InChI is InChI=1S/C14H29FO3S/c1-3-5-6-7-8-9-10-11-13-18-19(16,17)14(15)12-4-2/h14H,3-13H2,1-2H3. The second kappa shape index (κ2) is 11.6. The van der Waals surface area contributed by atoms with Gasteiger partial charge in [-0.05, 0) is 12.8 Å². The third-order valence-electron chi connectivity index (χ3n) is 3.07. The monoisotopic (exact) mass is 296 g/mol. The van der Waals surface area contributed by atoms with Crippen LogP contribution < -0.4 is 0 Å². The first-order valence-corrected chi connectivity index (χ1v) is 9.04. The van der Waals surface area contributed by atoms with Crippen molar-refractivity contribution in [3.05, 3.63) is 0 Å². The molecule has 0 fully saturated rings. The molecule has 0 aliphatic carbocycles. The molecular weight excluding hydrogens is 267 g/mol. The summed E-state index contributed by atoms with van der Waals surface area (Å²) in [5.74, 6) is 0. The van der Waals surface area contributed by atoms with Gasteiger partial charge in [0.25, 0.3) is 10.1 Å². The van der Waals surface area contributed by atoms with E-state index in [9.17, 15) is 12.8 Å². The largest absolute Gasteiger partial charge is 0.299 e. The van der Waals surface area contributed by atoms with Gasteiger partial charge in [0.05, 0.1) is 6.61 Å². The Hall–Kier alpha value is -0.160. The van der Waals surface area contributed by atoms with Crippen LogP contribution in [0.25, 0.3) is 0 Å². The zero-order valence-electron chi connectivity index (χ0n) is 12.4. The van der Waals surface area contributed by atoms with Crippen molar-refractivity contribution < 1.29 is 17.0 Å². The number of halogens is 1. The molecule has 0 aromatic rings. The first-order valence-electron chi connectivity index (χ1n) is 7.57. The Balaban J connectivity index is 3.48. The molecule has 0 aliphatic heterocycles. The van der Waals surface area contributed by atoms with Crippen LogP contribution in [-0.2, 0) is 14.3 Å². The summed E-state index contributed by atoms with van der Waals surface area (Å²) in [6.45, 7) is 4.05. The van der Waals surface area contributed by atoms with E-state index < -0.39 is 15.6 Å². The van der Waals surface area contributed by atoms with Gasteiger partial charge in [-0.3, -0.25) is 4.18 Å². The van der Waals surface area contributed by atoms with Gasteiger partial charge in [-0.25, -0.2) is 4.39 Å². The van der Waals surface area contributed by atoms with E-state index in [2.05, 4.69) is 11.1 Å². The van der Waals surface area contributed by atoms with Crippen LogP contribution in [0.15, 0.2) is 0 Å². The maximum Gasteiger partial charge on any atom is 0.299 e. The zero-order valence-corrected chi connectivity index (χ0v) is 13.2. The lowest BCUT2D eigenvalue weighted by molar-refractivity contribution is 0.272. The lowest BCUT2D eigenvalue weighted by Crippen LogP contribution is -2.19. The maximum atomic E-state index is 13.2. The highest BCUT2D eigenvalue weighted by Gasteiger charge is 2.24. The fraction of sp³-hybridized carbons (Fsp3) is 1.00. The molecule has 3 nitrogen and oxygen atoms in total. The van der Waals surface area contributed by atoms with E-state index in [1.165, 1.54) is 32.1 Å². The van der Waals surface area contributed by atoms with Crippen LogP contribution in [-0.4, -0.2) is 20.5 Å². The van der Waals surface area contributed by atoms with Gasteiger partial charge in [0.1, 0.15) is 0 Å². The third-order valence-corrected chi connectivity index (χ3v) is 4.43.